The summed E-state index contributed by atoms with van der Waals surface area (Å²) in [7, 11) is 2.00. The molecule has 0 spiro atoms. The summed E-state index contributed by atoms with van der Waals surface area (Å²) >= 11 is 1.71. The Bertz CT molecular complexity index is 325. The molecule has 1 aromatic heterocycles. The number of unbranched alkanes of at least 4 members (excludes halogenated alkanes) is 1. The highest BCUT2D eigenvalue weighted by Crippen LogP contribution is 2.12. The number of nitrogens with zero attached hydrogens (tertiary/aromatic N) is 1. The van der Waals surface area contributed by atoms with E-state index in [0.717, 1.165) is 30.7 Å². The van der Waals surface area contributed by atoms with Gasteiger partial charge in [0.15, 0.2) is 0 Å². The van der Waals surface area contributed by atoms with Crippen LogP contribution < -0.4 is 5.32 Å². The molecule has 0 saturated carbocycles. The molecular weight excluding hydrogens is 204 g/mol. The third kappa shape index (κ3) is 4.46. The minimum atomic E-state index is 0.500. The number of hydrogen-bond donors (Lipinski definition) is 1. The third-order valence-corrected chi connectivity index (χ3v) is 3.23. The molecule has 0 amide bonds. The summed E-state index contributed by atoms with van der Waals surface area (Å²) in [5.74, 6) is 2.67. The van der Waals surface area contributed by atoms with E-state index in [1.807, 2.05) is 14.0 Å². The minimum Gasteiger partial charge on any atom is -0.317 e. The molecule has 0 fully saturated rings. The van der Waals surface area contributed by atoms with Gasteiger partial charge < -0.3 is 5.32 Å². The molecular formula is C12H18N2S. The van der Waals surface area contributed by atoms with Gasteiger partial charge in [-0.25, -0.2) is 4.98 Å². The largest absolute Gasteiger partial charge is 0.317 e. The number of rotatable bonds is 6. The lowest BCUT2D eigenvalue weighted by molar-refractivity contribution is 0.502. The molecule has 1 unspecified atom stereocenters. The van der Waals surface area contributed by atoms with Gasteiger partial charge in [0.25, 0.3) is 0 Å². The maximum absolute atomic E-state index is 5.23. The average molecular weight is 222 g/mol. The molecule has 0 radical (unpaired) electrons. The molecule has 1 heterocycles. The van der Waals surface area contributed by atoms with Crippen LogP contribution in [0.25, 0.3) is 0 Å². The van der Waals surface area contributed by atoms with Crippen LogP contribution in [0.4, 0.5) is 0 Å². The van der Waals surface area contributed by atoms with Crippen LogP contribution in [0.2, 0.25) is 0 Å². The molecule has 0 aliphatic carbocycles. The van der Waals surface area contributed by atoms with Crippen molar-refractivity contribution in [3.05, 3.63) is 16.1 Å². The van der Waals surface area contributed by atoms with E-state index >= 15 is 0 Å². The molecule has 2 nitrogen and oxygen atoms in total. The van der Waals surface area contributed by atoms with Crippen LogP contribution in [0.3, 0.4) is 0 Å². The number of hydrogen-bond acceptors (Lipinski definition) is 3. The van der Waals surface area contributed by atoms with Crippen molar-refractivity contribution in [3.63, 3.8) is 0 Å². The Morgan fingerprint density at radius 2 is 2.47 bits per heavy atom. The summed E-state index contributed by atoms with van der Waals surface area (Å²) in [6.07, 6.45) is 9.32. The van der Waals surface area contributed by atoms with Crippen LogP contribution >= 0.6 is 11.3 Å². The second-order valence-corrected chi connectivity index (χ2v) is 4.71. The molecule has 1 aromatic rings. The number of aromatic nitrogens is 1. The molecule has 1 rings (SSSR count). The van der Waals surface area contributed by atoms with Crippen LogP contribution in [0, 0.1) is 19.3 Å². The van der Waals surface area contributed by atoms with E-state index in [2.05, 4.69) is 21.6 Å². The highest BCUT2D eigenvalue weighted by molar-refractivity contribution is 7.09. The number of thiazole rings is 1. The first-order valence-electron chi connectivity index (χ1n) is 5.28. The van der Waals surface area contributed by atoms with Crippen molar-refractivity contribution < 1.29 is 0 Å². The van der Waals surface area contributed by atoms with Gasteiger partial charge in [-0.15, -0.1) is 23.7 Å². The highest BCUT2D eigenvalue weighted by atomic mass is 32.1. The lowest BCUT2D eigenvalue weighted by Gasteiger charge is -2.13. The molecule has 15 heavy (non-hydrogen) atoms. The normalized spacial score (nSPS) is 12.3. The van der Waals surface area contributed by atoms with Crippen molar-refractivity contribution in [1.82, 2.24) is 10.3 Å². The van der Waals surface area contributed by atoms with Crippen LogP contribution in [-0.4, -0.2) is 18.1 Å². The second-order valence-electron chi connectivity index (χ2n) is 3.64. The Morgan fingerprint density at radius 1 is 1.67 bits per heavy atom. The summed E-state index contributed by atoms with van der Waals surface area (Å²) in [5.41, 5.74) is 1.19. The standard InChI is InChI=1S/C12H18N2S/c1-4-5-6-7-11(13-3)8-12-9-15-10(2)14-12/h1,9,11,13H,5-8H2,2-3H3. The van der Waals surface area contributed by atoms with Crippen LogP contribution in [0.1, 0.15) is 30.0 Å². The molecule has 0 bridgehead atoms. The van der Waals surface area contributed by atoms with Crippen LogP contribution in [0.5, 0.6) is 0 Å². The topological polar surface area (TPSA) is 24.9 Å². The van der Waals surface area contributed by atoms with Crippen molar-refractivity contribution in [2.45, 2.75) is 38.6 Å². The number of aryl methyl sites for hydroxylation is 1. The maximum atomic E-state index is 5.23. The van der Waals surface area contributed by atoms with Crippen LogP contribution in [-0.2, 0) is 6.42 Å². The fourth-order valence-corrected chi connectivity index (χ4v) is 2.18. The van der Waals surface area contributed by atoms with Gasteiger partial charge in [0.2, 0.25) is 0 Å². The lowest BCUT2D eigenvalue weighted by Crippen LogP contribution is -2.27. The predicted octanol–water partition coefficient (Wildman–Crippen LogP) is 2.39. The molecule has 3 heteroatoms. The highest BCUT2D eigenvalue weighted by Gasteiger charge is 2.08. The van der Waals surface area contributed by atoms with Gasteiger partial charge >= 0.3 is 0 Å². The van der Waals surface area contributed by atoms with Crippen molar-refractivity contribution in [1.29, 1.82) is 0 Å². The van der Waals surface area contributed by atoms with E-state index in [0.29, 0.717) is 6.04 Å². The smallest absolute Gasteiger partial charge is 0.0897 e. The van der Waals surface area contributed by atoms with Gasteiger partial charge in [-0.2, -0.15) is 0 Å². The first kappa shape index (κ1) is 12.2. The van der Waals surface area contributed by atoms with Crippen molar-refractivity contribution >= 4 is 11.3 Å². The van der Waals surface area contributed by atoms with E-state index in [1.165, 1.54) is 5.69 Å². The van der Waals surface area contributed by atoms with Crippen LogP contribution in [0.15, 0.2) is 5.38 Å². The molecule has 0 saturated heterocycles. The summed E-state index contributed by atoms with van der Waals surface area (Å²) < 4.78 is 0. The maximum Gasteiger partial charge on any atom is 0.0897 e. The van der Waals surface area contributed by atoms with Crippen molar-refractivity contribution in [2.24, 2.45) is 0 Å². The van der Waals surface area contributed by atoms with Gasteiger partial charge in [-0.3, -0.25) is 0 Å². The summed E-state index contributed by atoms with van der Waals surface area (Å²) in [6, 6.07) is 0.500. The Hall–Kier alpha value is -0.850. The first-order valence-corrected chi connectivity index (χ1v) is 6.16. The monoisotopic (exact) mass is 222 g/mol. The van der Waals surface area contributed by atoms with Gasteiger partial charge in [-0.1, -0.05) is 0 Å². The Morgan fingerprint density at radius 3 is 3.00 bits per heavy atom. The van der Waals surface area contributed by atoms with Crippen molar-refractivity contribution in [2.75, 3.05) is 7.05 Å². The van der Waals surface area contributed by atoms with E-state index in [-0.39, 0.29) is 0 Å². The zero-order valence-corrected chi connectivity index (χ0v) is 10.2. The van der Waals surface area contributed by atoms with Gasteiger partial charge in [0, 0.05) is 24.3 Å². The van der Waals surface area contributed by atoms with E-state index < -0.39 is 0 Å². The summed E-state index contributed by atoms with van der Waals surface area (Å²) in [6.45, 7) is 2.04. The van der Waals surface area contributed by atoms with E-state index in [4.69, 9.17) is 6.42 Å². The van der Waals surface area contributed by atoms with Gasteiger partial charge in [0.05, 0.1) is 10.7 Å². The van der Waals surface area contributed by atoms with Gasteiger partial charge in [-0.05, 0) is 26.8 Å². The second kappa shape index (κ2) is 6.60. The third-order valence-electron chi connectivity index (χ3n) is 2.40. The first-order chi connectivity index (χ1) is 7.26. The lowest BCUT2D eigenvalue weighted by atomic mass is 10.1. The van der Waals surface area contributed by atoms with E-state index in [9.17, 15) is 0 Å². The quantitative estimate of drug-likeness (QED) is 0.590. The molecule has 1 atom stereocenters. The Labute approximate surface area is 96.1 Å². The number of terminal acetylenes is 1. The van der Waals surface area contributed by atoms with E-state index in [1.54, 1.807) is 11.3 Å². The van der Waals surface area contributed by atoms with Gasteiger partial charge in [0.1, 0.15) is 0 Å². The average Bonchev–Trinajstić information content (AvgIpc) is 2.63. The molecule has 82 valence electrons. The molecule has 1 N–H and O–H groups in total. The molecule has 0 aliphatic rings. The minimum absolute atomic E-state index is 0.500. The summed E-state index contributed by atoms with van der Waals surface area (Å²) in [5, 5.41) is 6.60. The fraction of sp³-hybridized carbons (Fsp3) is 0.583. The Balaban J connectivity index is 2.37. The predicted molar refractivity (Wildman–Crippen MR) is 66.1 cm³/mol. The zero-order chi connectivity index (χ0) is 11.1. The van der Waals surface area contributed by atoms with Crippen molar-refractivity contribution in [3.8, 4) is 12.3 Å². The summed E-state index contributed by atoms with van der Waals surface area (Å²) in [4.78, 5) is 4.46. The zero-order valence-electron chi connectivity index (χ0n) is 9.42. The SMILES string of the molecule is C#CCCCC(Cc1csc(C)n1)NC. The molecule has 0 aromatic carbocycles. The Kier molecular flexibility index (Phi) is 5.38. The number of nitrogens with one attached hydrogen (secondary N) is 1. The number of likely N-dealkylation sites (N-methyl/N-ethyl adjacent to an activating group) is 1. The fourth-order valence-electron chi connectivity index (χ4n) is 1.55. The molecule has 0 aliphatic heterocycles.